The molecule has 8 N–H and O–H groups in total. The second-order valence-corrected chi connectivity index (χ2v) is 13.4. The summed E-state index contributed by atoms with van der Waals surface area (Å²) in [4.78, 5) is 87.6. The van der Waals surface area contributed by atoms with Crippen molar-refractivity contribution in [3.63, 3.8) is 0 Å². The number of hydrogen-bond acceptors (Lipinski definition) is 14. The van der Waals surface area contributed by atoms with Gasteiger partial charge in [-0.1, -0.05) is 5.16 Å². The van der Waals surface area contributed by atoms with Crippen LogP contribution in [0.5, 0.6) is 11.5 Å². The molecule has 3 atom stereocenters. The van der Waals surface area contributed by atoms with Crippen molar-refractivity contribution in [3.05, 3.63) is 45.6 Å². The lowest BCUT2D eigenvalue weighted by Gasteiger charge is -2.49. The average molecular weight is 704 g/mol. The van der Waals surface area contributed by atoms with Crippen LogP contribution in [-0.4, -0.2) is 119 Å². The van der Waals surface area contributed by atoms with E-state index in [0.29, 0.717) is 5.56 Å². The van der Waals surface area contributed by atoms with Crippen molar-refractivity contribution in [1.82, 2.24) is 25.4 Å². The van der Waals surface area contributed by atoms with Gasteiger partial charge in [-0.2, -0.15) is 0 Å². The van der Waals surface area contributed by atoms with Crippen LogP contribution in [0.25, 0.3) is 0 Å². The monoisotopic (exact) mass is 703 g/mol. The Morgan fingerprint density at radius 3 is 2.48 bits per heavy atom. The summed E-state index contributed by atoms with van der Waals surface area (Å²) in [6.07, 6.45) is 0.0164. The number of carboxylic acids is 2. The molecule has 2 unspecified atom stereocenters. The molecular formula is C28H29N7O11S2. The number of carbonyl (C=O) groups excluding carboxylic acids is 4. The largest absolute Gasteiger partial charge is 0.504 e. The van der Waals surface area contributed by atoms with Crippen molar-refractivity contribution in [2.75, 3.05) is 25.1 Å². The minimum atomic E-state index is -1.82. The van der Waals surface area contributed by atoms with Crippen LogP contribution < -0.4 is 16.4 Å². The van der Waals surface area contributed by atoms with Gasteiger partial charge in [0.05, 0.1) is 0 Å². The number of amides is 4. The second-order valence-electron chi connectivity index (χ2n) is 11.4. The van der Waals surface area contributed by atoms with Crippen LogP contribution in [0.4, 0.5) is 5.13 Å². The molecule has 3 aliphatic rings. The topological polar surface area (TPSA) is 274 Å². The predicted octanol–water partition coefficient (Wildman–Crippen LogP) is -0.728. The standard InChI is InChI=1S/C28H29N7O11S2/c1-28(2,26(44)45)46-33-17(13-9-48-27(29)31-13)21(39)32-18-23(41)35-19(25(42)43)11(8-47-24(18)35)7-30-20(38)14-4-10-5-15(36)16(37)6-12(10)22(40)34(14)3/h5-6,9,14,18,24,36-37H,4,7-8H2,1-3H3,(H2,29,31)(H,30,38)(H,32,39)(H,42,43)(H,44,45)/b33-17-/t14?,18?,24-/m0/s1. The van der Waals surface area contributed by atoms with Crippen molar-refractivity contribution in [3.8, 4) is 11.5 Å². The van der Waals surface area contributed by atoms with Gasteiger partial charge in [-0.05, 0) is 37.1 Å². The number of phenolic OH excluding ortho intramolecular Hbond substituents is 2. The van der Waals surface area contributed by atoms with E-state index in [1.165, 1.54) is 37.2 Å². The minimum Gasteiger partial charge on any atom is -0.504 e. The molecule has 0 spiro atoms. The summed E-state index contributed by atoms with van der Waals surface area (Å²) < 4.78 is 0. The number of nitrogens with zero attached hydrogens (tertiary/aromatic N) is 4. The lowest BCUT2D eigenvalue weighted by Crippen LogP contribution is -2.71. The van der Waals surface area contributed by atoms with Crippen LogP contribution in [0.2, 0.25) is 0 Å². The van der Waals surface area contributed by atoms with Gasteiger partial charge >= 0.3 is 11.9 Å². The molecule has 1 aromatic heterocycles. The molecule has 254 valence electrons. The minimum absolute atomic E-state index is 0.0164. The van der Waals surface area contributed by atoms with Gasteiger partial charge in [0.15, 0.2) is 22.3 Å². The highest BCUT2D eigenvalue weighted by molar-refractivity contribution is 8.00. The maximum Gasteiger partial charge on any atom is 0.352 e. The second kappa shape index (κ2) is 12.7. The van der Waals surface area contributed by atoms with Gasteiger partial charge in [0.2, 0.25) is 11.5 Å². The number of carboxylic acid groups (broad SMARTS) is 2. The number of aromatic nitrogens is 1. The number of aliphatic carboxylic acids is 2. The highest BCUT2D eigenvalue weighted by Gasteiger charge is 2.54. The first-order valence-corrected chi connectivity index (χ1v) is 16.0. The number of fused-ring (bicyclic) bond motifs is 2. The maximum absolute atomic E-state index is 13.3. The van der Waals surface area contributed by atoms with E-state index in [4.69, 9.17) is 10.6 Å². The lowest BCUT2D eigenvalue weighted by atomic mass is 9.92. The first kappa shape index (κ1) is 34.0. The number of aromatic hydroxyl groups is 2. The molecule has 0 aliphatic carbocycles. The Labute approximate surface area is 279 Å². The number of nitrogens with two attached hydrogens (primary N) is 1. The first-order chi connectivity index (χ1) is 22.5. The van der Waals surface area contributed by atoms with Crippen molar-refractivity contribution in [2.45, 2.75) is 43.3 Å². The van der Waals surface area contributed by atoms with Gasteiger partial charge in [0.25, 0.3) is 17.7 Å². The molecule has 4 amide bonds. The Morgan fingerprint density at radius 1 is 1.17 bits per heavy atom. The molecule has 1 saturated heterocycles. The summed E-state index contributed by atoms with van der Waals surface area (Å²) in [5.41, 5.74) is 3.67. The molecule has 0 saturated carbocycles. The number of nitrogens with one attached hydrogen (secondary N) is 2. The Hall–Kier alpha value is -5.37. The van der Waals surface area contributed by atoms with Crippen LogP contribution >= 0.6 is 23.1 Å². The van der Waals surface area contributed by atoms with E-state index in [9.17, 15) is 49.2 Å². The fraction of sp³-hybridized carbons (Fsp3) is 0.357. The highest BCUT2D eigenvalue weighted by atomic mass is 32.2. The van der Waals surface area contributed by atoms with E-state index in [2.05, 4.69) is 20.8 Å². The molecule has 1 fully saturated rings. The summed E-state index contributed by atoms with van der Waals surface area (Å²) >= 11 is 2.11. The fourth-order valence-corrected chi connectivity index (χ4v) is 6.97. The number of hydrogen-bond donors (Lipinski definition) is 7. The van der Waals surface area contributed by atoms with Gasteiger partial charge in [0, 0.05) is 36.7 Å². The van der Waals surface area contributed by atoms with Crippen LogP contribution in [0, 0.1) is 0 Å². The van der Waals surface area contributed by atoms with Crippen molar-refractivity contribution >= 4 is 69.5 Å². The van der Waals surface area contributed by atoms with Gasteiger partial charge in [-0.15, -0.1) is 23.1 Å². The average Bonchev–Trinajstić information content (AvgIpc) is 3.46. The molecule has 0 radical (unpaired) electrons. The van der Waals surface area contributed by atoms with Crippen LogP contribution in [0.1, 0.15) is 35.5 Å². The number of β-lactam (4-membered cyclic amide) rings is 1. The number of likely N-dealkylation sites (N-methyl/N-ethyl adjacent to an activating group) is 1. The summed E-state index contributed by atoms with van der Waals surface area (Å²) in [6, 6.07) is 0.118. The van der Waals surface area contributed by atoms with Crippen LogP contribution in [-0.2, 0) is 35.2 Å². The van der Waals surface area contributed by atoms with Crippen LogP contribution in [0.3, 0.4) is 0 Å². The molecule has 5 rings (SSSR count). The predicted molar refractivity (Wildman–Crippen MR) is 168 cm³/mol. The Balaban J connectivity index is 1.29. The van der Waals surface area contributed by atoms with Crippen molar-refractivity contribution in [1.29, 1.82) is 0 Å². The third-order valence-electron chi connectivity index (χ3n) is 7.81. The maximum atomic E-state index is 13.3. The van der Waals surface area contributed by atoms with Gasteiger partial charge in [0.1, 0.15) is 28.8 Å². The molecule has 2 aromatic rings. The Morgan fingerprint density at radius 2 is 1.85 bits per heavy atom. The highest BCUT2D eigenvalue weighted by Crippen LogP contribution is 2.40. The number of phenols is 2. The number of carbonyl (C=O) groups is 6. The molecule has 3 aliphatic heterocycles. The molecular weight excluding hydrogens is 674 g/mol. The Kier molecular flexibility index (Phi) is 8.97. The zero-order chi connectivity index (χ0) is 35.2. The summed E-state index contributed by atoms with van der Waals surface area (Å²) in [5.74, 6) is -6.56. The van der Waals surface area contributed by atoms with E-state index >= 15 is 0 Å². The summed E-state index contributed by atoms with van der Waals surface area (Å²) in [6.45, 7) is 2.14. The number of oxime groups is 1. The lowest BCUT2D eigenvalue weighted by molar-refractivity contribution is -0.161. The van der Waals surface area contributed by atoms with Gasteiger partial charge in [-0.3, -0.25) is 24.1 Å². The van der Waals surface area contributed by atoms with E-state index in [1.807, 2.05) is 0 Å². The third kappa shape index (κ3) is 6.18. The number of anilines is 1. The summed E-state index contributed by atoms with van der Waals surface area (Å²) in [5, 5.41) is 48.4. The van der Waals surface area contributed by atoms with E-state index in [-0.39, 0.29) is 46.4 Å². The molecule has 20 heteroatoms. The smallest absolute Gasteiger partial charge is 0.352 e. The van der Waals surface area contributed by atoms with E-state index in [1.54, 1.807) is 0 Å². The summed E-state index contributed by atoms with van der Waals surface area (Å²) in [7, 11) is 1.40. The molecule has 0 bridgehead atoms. The third-order valence-corrected chi connectivity index (χ3v) is 9.82. The fourth-order valence-electron chi connectivity index (χ4n) is 5.07. The van der Waals surface area contributed by atoms with E-state index in [0.717, 1.165) is 34.1 Å². The van der Waals surface area contributed by atoms with Gasteiger partial charge < -0.3 is 46.5 Å². The zero-order valence-corrected chi connectivity index (χ0v) is 27.0. The Bertz CT molecular complexity index is 1820. The molecule has 18 nitrogen and oxygen atoms in total. The molecule has 4 heterocycles. The SMILES string of the molecule is CN1C(=O)c2cc(O)c(O)cc2CC1C(=O)NCC1=C(C(=O)O)N2C(=O)C(NC(=O)/C(=N\OC(C)(C)C(=O)O)c3csc(N)n3)[C@@H]2SC1. The molecule has 48 heavy (non-hydrogen) atoms. The number of rotatable bonds is 10. The van der Waals surface area contributed by atoms with Crippen LogP contribution in [0.15, 0.2) is 33.9 Å². The van der Waals surface area contributed by atoms with E-state index < -0.39 is 75.8 Å². The van der Waals surface area contributed by atoms with Crippen molar-refractivity contribution < 1.29 is 54.0 Å². The van der Waals surface area contributed by atoms with Gasteiger partial charge in [-0.25, -0.2) is 14.6 Å². The molecule has 1 aromatic carbocycles. The number of benzene rings is 1. The first-order valence-electron chi connectivity index (χ1n) is 14.0. The number of thioether (sulfide) groups is 1. The number of nitrogen functional groups attached to an aromatic ring is 1. The quantitative estimate of drug-likeness (QED) is 0.0696. The zero-order valence-electron chi connectivity index (χ0n) is 25.4. The number of thiazole rings is 1. The van der Waals surface area contributed by atoms with Crippen molar-refractivity contribution in [2.24, 2.45) is 5.16 Å². The normalized spacial score (nSPS) is 20.8.